The van der Waals surface area contributed by atoms with E-state index in [1.807, 2.05) is 10.6 Å². The molecule has 0 aliphatic heterocycles. The van der Waals surface area contributed by atoms with E-state index in [1.54, 1.807) is 30.5 Å². The fourth-order valence-electron chi connectivity index (χ4n) is 3.23. The summed E-state index contributed by atoms with van der Waals surface area (Å²) in [6, 6.07) is 15.0. The third-order valence-corrected chi connectivity index (χ3v) is 6.21. The Bertz CT molecular complexity index is 1240. The van der Waals surface area contributed by atoms with Gasteiger partial charge in [0.1, 0.15) is 23.2 Å². The number of hydrogen-bond acceptors (Lipinski definition) is 4. The second kappa shape index (κ2) is 10.2. The summed E-state index contributed by atoms with van der Waals surface area (Å²) in [4.78, 5) is 4.45. The second-order valence-electron chi connectivity index (χ2n) is 7.04. The van der Waals surface area contributed by atoms with Gasteiger partial charge in [-0.05, 0) is 48.5 Å². The lowest BCUT2D eigenvalue weighted by molar-refractivity contribution is 0.415. The smallest absolute Gasteiger partial charge is 0.173 e. The van der Waals surface area contributed by atoms with E-state index in [1.165, 1.54) is 49.2 Å². The first kappa shape index (κ1) is 23.1. The predicted molar refractivity (Wildman–Crippen MR) is 125 cm³/mol. The summed E-state index contributed by atoms with van der Waals surface area (Å²) >= 11 is 7.28. The Morgan fingerprint density at radius 1 is 1.03 bits per heavy atom. The van der Waals surface area contributed by atoms with Gasteiger partial charge in [0.05, 0.1) is 30.6 Å². The molecule has 0 amide bonds. The van der Waals surface area contributed by atoms with Crippen molar-refractivity contribution in [2.45, 2.75) is 17.5 Å². The molecule has 1 N–H and O–H groups in total. The van der Waals surface area contributed by atoms with Crippen molar-refractivity contribution in [3.8, 4) is 11.4 Å². The summed E-state index contributed by atoms with van der Waals surface area (Å²) in [6.45, 7) is 0.379. The van der Waals surface area contributed by atoms with Crippen LogP contribution in [0.2, 0.25) is 5.02 Å². The van der Waals surface area contributed by atoms with Crippen LogP contribution in [0.5, 0.6) is 5.75 Å². The van der Waals surface area contributed by atoms with Gasteiger partial charge in [-0.3, -0.25) is 4.57 Å². The van der Waals surface area contributed by atoms with Crippen molar-refractivity contribution in [3.05, 3.63) is 101 Å². The number of nitrogens with one attached hydrogen (secondary N) is 1. The van der Waals surface area contributed by atoms with Gasteiger partial charge in [0.25, 0.3) is 0 Å². The Hall–Kier alpha value is -3.10. The zero-order valence-corrected chi connectivity index (χ0v) is 19.1. The molecule has 4 aromatic rings. The van der Waals surface area contributed by atoms with Crippen LogP contribution in [0.3, 0.4) is 0 Å². The number of halogens is 4. The average Bonchev–Trinajstić information content (AvgIpc) is 3.21. The van der Waals surface area contributed by atoms with Crippen molar-refractivity contribution < 1.29 is 17.9 Å². The minimum Gasteiger partial charge on any atom is -0.495 e. The average molecular weight is 490 g/mol. The maximum atomic E-state index is 14.1. The number of nitrogens with zero attached hydrogens (tertiary/aromatic N) is 2. The highest BCUT2D eigenvalue weighted by Gasteiger charge is 2.16. The minimum absolute atomic E-state index is 0.0240. The number of rotatable bonds is 8. The zero-order valence-electron chi connectivity index (χ0n) is 17.5. The molecule has 4 rings (SSSR count). The van der Waals surface area contributed by atoms with Crippen LogP contribution in [0.1, 0.15) is 11.3 Å². The number of thioether (sulfide) groups is 1. The molecule has 0 saturated carbocycles. The van der Waals surface area contributed by atoms with Gasteiger partial charge in [-0.1, -0.05) is 29.4 Å². The third kappa shape index (κ3) is 5.29. The highest BCUT2D eigenvalue weighted by molar-refractivity contribution is 7.98. The fourth-order valence-corrected chi connectivity index (χ4v) is 4.45. The molecule has 4 nitrogen and oxygen atoms in total. The van der Waals surface area contributed by atoms with E-state index in [2.05, 4.69) is 10.3 Å². The highest BCUT2D eigenvalue weighted by Crippen LogP contribution is 2.30. The van der Waals surface area contributed by atoms with E-state index in [0.29, 0.717) is 28.2 Å². The van der Waals surface area contributed by atoms with Crippen molar-refractivity contribution in [2.24, 2.45) is 0 Å². The van der Waals surface area contributed by atoms with Gasteiger partial charge in [0.2, 0.25) is 0 Å². The summed E-state index contributed by atoms with van der Waals surface area (Å²) < 4.78 is 48.7. The largest absolute Gasteiger partial charge is 0.495 e. The molecular weight excluding hydrogens is 471 g/mol. The molecule has 0 fully saturated rings. The summed E-state index contributed by atoms with van der Waals surface area (Å²) in [6.07, 6.45) is 1.67. The molecule has 0 atom stereocenters. The van der Waals surface area contributed by atoms with Crippen LogP contribution in [-0.2, 0) is 12.3 Å². The van der Waals surface area contributed by atoms with Crippen molar-refractivity contribution >= 4 is 29.1 Å². The van der Waals surface area contributed by atoms with Gasteiger partial charge < -0.3 is 10.1 Å². The molecular formula is C24H19ClF3N3OS. The Kier molecular flexibility index (Phi) is 7.15. The number of imidazole rings is 1. The van der Waals surface area contributed by atoms with Crippen LogP contribution < -0.4 is 10.1 Å². The van der Waals surface area contributed by atoms with E-state index in [0.717, 1.165) is 11.4 Å². The zero-order chi connectivity index (χ0) is 23.4. The molecule has 170 valence electrons. The molecule has 0 spiro atoms. The Morgan fingerprint density at radius 3 is 2.45 bits per heavy atom. The van der Waals surface area contributed by atoms with Gasteiger partial charge in [-0.2, -0.15) is 0 Å². The van der Waals surface area contributed by atoms with Crippen molar-refractivity contribution in [1.82, 2.24) is 9.55 Å². The molecule has 33 heavy (non-hydrogen) atoms. The third-order valence-electron chi connectivity index (χ3n) is 4.92. The van der Waals surface area contributed by atoms with Gasteiger partial charge in [0.15, 0.2) is 5.16 Å². The lowest BCUT2D eigenvalue weighted by atomic mass is 10.2. The number of anilines is 1. The van der Waals surface area contributed by atoms with Crippen molar-refractivity contribution in [1.29, 1.82) is 0 Å². The number of ether oxygens (including phenoxy) is 1. The molecule has 0 unspecified atom stereocenters. The van der Waals surface area contributed by atoms with Crippen LogP contribution in [-0.4, -0.2) is 16.7 Å². The highest BCUT2D eigenvalue weighted by atomic mass is 35.5. The molecule has 0 bridgehead atoms. The topological polar surface area (TPSA) is 39.1 Å². The molecule has 1 aromatic heterocycles. The fraction of sp³-hybridized carbons (Fsp3) is 0.125. The lowest BCUT2D eigenvalue weighted by Gasteiger charge is -2.14. The van der Waals surface area contributed by atoms with Gasteiger partial charge >= 0.3 is 0 Å². The number of benzene rings is 3. The predicted octanol–water partition coefficient (Wildman–Crippen LogP) is 6.86. The van der Waals surface area contributed by atoms with E-state index in [-0.39, 0.29) is 17.1 Å². The normalized spacial score (nSPS) is 10.9. The Labute approximate surface area is 198 Å². The van der Waals surface area contributed by atoms with E-state index in [4.69, 9.17) is 16.3 Å². The molecule has 0 aliphatic rings. The summed E-state index contributed by atoms with van der Waals surface area (Å²) in [7, 11) is 1.54. The summed E-state index contributed by atoms with van der Waals surface area (Å²) in [5, 5.41) is 4.31. The maximum Gasteiger partial charge on any atom is 0.173 e. The number of hydrogen-bond donors (Lipinski definition) is 1. The molecule has 0 saturated heterocycles. The first-order valence-electron chi connectivity index (χ1n) is 9.92. The molecule has 3 aromatic carbocycles. The number of methoxy groups -OCH3 is 1. The quantitative estimate of drug-likeness (QED) is 0.274. The number of aromatic nitrogens is 2. The van der Waals surface area contributed by atoms with Gasteiger partial charge in [-0.25, -0.2) is 18.2 Å². The first-order valence-corrected chi connectivity index (χ1v) is 11.3. The monoisotopic (exact) mass is 489 g/mol. The van der Waals surface area contributed by atoms with Crippen molar-refractivity contribution in [3.63, 3.8) is 0 Å². The van der Waals surface area contributed by atoms with E-state index < -0.39 is 11.6 Å². The standard InChI is InChI=1S/C24H19ClF3N3OS/c1-32-23-11-16(7-10-20(23)25)29-12-18-13-30-24(31(18)17-8-5-15(26)6-9-17)33-14-19-21(27)3-2-4-22(19)28/h2-11,13,29H,12,14H2,1H3. The van der Waals surface area contributed by atoms with Crippen molar-refractivity contribution in [2.75, 3.05) is 12.4 Å². The van der Waals surface area contributed by atoms with Crippen LogP contribution in [0.15, 0.2) is 72.0 Å². The van der Waals surface area contributed by atoms with Gasteiger partial charge in [-0.15, -0.1) is 0 Å². The molecule has 9 heteroatoms. The maximum absolute atomic E-state index is 14.1. The molecule has 0 aliphatic carbocycles. The van der Waals surface area contributed by atoms with Gasteiger partial charge in [0, 0.05) is 28.8 Å². The lowest BCUT2D eigenvalue weighted by Crippen LogP contribution is -2.07. The summed E-state index contributed by atoms with van der Waals surface area (Å²) in [5.74, 6) is -0.994. The van der Waals surface area contributed by atoms with Crippen LogP contribution in [0.25, 0.3) is 5.69 Å². The Balaban J connectivity index is 1.62. The van der Waals surface area contributed by atoms with E-state index in [9.17, 15) is 13.2 Å². The summed E-state index contributed by atoms with van der Waals surface area (Å²) in [5.41, 5.74) is 2.21. The van der Waals surface area contributed by atoms with E-state index >= 15 is 0 Å². The van der Waals surface area contributed by atoms with Crippen LogP contribution in [0, 0.1) is 17.5 Å². The SMILES string of the molecule is COc1cc(NCc2cnc(SCc3c(F)cccc3F)n2-c2ccc(F)cc2)ccc1Cl. The minimum atomic E-state index is -0.610. The van der Waals surface area contributed by atoms with Crippen LogP contribution in [0.4, 0.5) is 18.9 Å². The second-order valence-corrected chi connectivity index (χ2v) is 8.39. The van der Waals surface area contributed by atoms with Crippen LogP contribution >= 0.6 is 23.4 Å². The molecule has 0 radical (unpaired) electrons. The molecule has 1 heterocycles. The Morgan fingerprint density at radius 2 is 1.76 bits per heavy atom. The first-order chi connectivity index (χ1) is 16.0.